The summed E-state index contributed by atoms with van der Waals surface area (Å²) < 4.78 is 17.3. The van der Waals surface area contributed by atoms with Crippen LogP contribution in [0.2, 0.25) is 0 Å². The SMILES string of the molecule is COC(=O)CC1CC(c2ccc(F)cc2)C1. The topological polar surface area (TPSA) is 26.3 Å². The lowest BCUT2D eigenvalue weighted by atomic mass is 9.70. The Kier molecular flexibility index (Phi) is 3.22. The van der Waals surface area contributed by atoms with Crippen LogP contribution in [-0.2, 0) is 9.53 Å². The maximum absolute atomic E-state index is 12.7. The van der Waals surface area contributed by atoms with Crippen molar-refractivity contribution in [2.24, 2.45) is 5.92 Å². The molecule has 1 fully saturated rings. The van der Waals surface area contributed by atoms with Gasteiger partial charge in [0, 0.05) is 6.42 Å². The van der Waals surface area contributed by atoms with E-state index in [0.717, 1.165) is 12.8 Å². The summed E-state index contributed by atoms with van der Waals surface area (Å²) in [5.41, 5.74) is 1.17. The summed E-state index contributed by atoms with van der Waals surface area (Å²) >= 11 is 0. The summed E-state index contributed by atoms with van der Waals surface area (Å²) in [5, 5.41) is 0. The van der Waals surface area contributed by atoms with E-state index in [9.17, 15) is 9.18 Å². The second-order valence-corrected chi connectivity index (χ2v) is 4.37. The largest absolute Gasteiger partial charge is 0.469 e. The van der Waals surface area contributed by atoms with Crippen LogP contribution in [0.25, 0.3) is 0 Å². The number of ether oxygens (including phenoxy) is 1. The Morgan fingerprint density at radius 3 is 2.56 bits per heavy atom. The highest BCUT2D eigenvalue weighted by Crippen LogP contribution is 2.43. The highest BCUT2D eigenvalue weighted by molar-refractivity contribution is 5.69. The number of benzene rings is 1. The number of halogens is 1. The molecule has 3 heteroatoms. The molecule has 0 aliphatic heterocycles. The number of hydrogen-bond donors (Lipinski definition) is 0. The second-order valence-electron chi connectivity index (χ2n) is 4.37. The standard InChI is InChI=1S/C13H15FO2/c1-16-13(15)8-9-6-11(7-9)10-2-4-12(14)5-3-10/h2-5,9,11H,6-8H2,1H3. The lowest BCUT2D eigenvalue weighted by molar-refractivity contribution is -0.142. The van der Waals surface area contributed by atoms with Crippen LogP contribution in [0.15, 0.2) is 24.3 Å². The minimum absolute atomic E-state index is 0.137. The molecule has 0 radical (unpaired) electrons. The molecule has 0 unspecified atom stereocenters. The number of methoxy groups -OCH3 is 1. The Bertz CT molecular complexity index is 366. The number of hydrogen-bond acceptors (Lipinski definition) is 2. The average Bonchev–Trinajstić information content (AvgIpc) is 2.24. The summed E-state index contributed by atoms with van der Waals surface area (Å²) in [6, 6.07) is 6.63. The first-order valence-corrected chi connectivity index (χ1v) is 5.51. The van der Waals surface area contributed by atoms with E-state index in [1.807, 2.05) is 12.1 Å². The molecule has 16 heavy (non-hydrogen) atoms. The molecule has 86 valence electrons. The van der Waals surface area contributed by atoms with Crippen molar-refractivity contribution in [1.29, 1.82) is 0 Å². The summed E-state index contributed by atoms with van der Waals surface area (Å²) in [4.78, 5) is 11.0. The molecule has 0 bridgehead atoms. The third-order valence-corrected chi connectivity index (χ3v) is 3.26. The first-order chi connectivity index (χ1) is 7.69. The molecule has 0 amide bonds. The van der Waals surface area contributed by atoms with E-state index < -0.39 is 0 Å². The third-order valence-electron chi connectivity index (χ3n) is 3.26. The molecule has 1 aliphatic carbocycles. The van der Waals surface area contributed by atoms with Crippen molar-refractivity contribution in [2.75, 3.05) is 7.11 Å². The van der Waals surface area contributed by atoms with E-state index in [-0.39, 0.29) is 11.8 Å². The van der Waals surface area contributed by atoms with Crippen molar-refractivity contribution in [1.82, 2.24) is 0 Å². The quantitative estimate of drug-likeness (QED) is 0.735. The van der Waals surface area contributed by atoms with E-state index in [1.165, 1.54) is 24.8 Å². The van der Waals surface area contributed by atoms with Gasteiger partial charge in [0.05, 0.1) is 7.11 Å². The molecule has 0 N–H and O–H groups in total. The zero-order valence-electron chi connectivity index (χ0n) is 9.28. The van der Waals surface area contributed by atoms with Crippen molar-refractivity contribution in [3.05, 3.63) is 35.6 Å². The molecule has 0 atom stereocenters. The first-order valence-electron chi connectivity index (χ1n) is 5.51. The van der Waals surface area contributed by atoms with Crippen LogP contribution in [0.5, 0.6) is 0 Å². The smallest absolute Gasteiger partial charge is 0.305 e. The highest BCUT2D eigenvalue weighted by Gasteiger charge is 2.31. The fourth-order valence-electron chi connectivity index (χ4n) is 2.23. The maximum atomic E-state index is 12.7. The molecule has 0 heterocycles. The average molecular weight is 222 g/mol. The van der Waals surface area contributed by atoms with Gasteiger partial charge in [-0.15, -0.1) is 0 Å². The van der Waals surface area contributed by atoms with Crippen molar-refractivity contribution < 1.29 is 13.9 Å². The fourth-order valence-corrected chi connectivity index (χ4v) is 2.23. The van der Waals surface area contributed by atoms with Crippen LogP contribution in [0.3, 0.4) is 0 Å². The Morgan fingerprint density at radius 2 is 2.00 bits per heavy atom. The molecule has 1 saturated carbocycles. The Balaban J connectivity index is 1.84. The third kappa shape index (κ3) is 2.40. The number of esters is 1. The van der Waals surface area contributed by atoms with E-state index >= 15 is 0 Å². The lowest BCUT2D eigenvalue weighted by Crippen LogP contribution is -2.24. The zero-order chi connectivity index (χ0) is 11.5. The fraction of sp³-hybridized carbons (Fsp3) is 0.462. The van der Waals surface area contributed by atoms with Gasteiger partial charge in [0.1, 0.15) is 5.82 Å². The normalized spacial score (nSPS) is 23.6. The first kappa shape index (κ1) is 11.1. The Hall–Kier alpha value is -1.38. The minimum atomic E-state index is -0.200. The van der Waals surface area contributed by atoms with Gasteiger partial charge in [-0.2, -0.15) is 0 Å². The van der Waals surface area contributed by atoms with Crippen LogP contribution >= 0.6 is 0 Å². The monoisotopic (exact) mass is 222 g/mol. The highest BCUT2D eigenvalue weighted by atomic mass is 19.1. The summed E-state index contributed by atoms with van der Waals surface area (Å²) in [6.07, 6.45) is 2.51. The molecule has 1 aromatic carbocycles. The van der Waals surface area contributed by atoms with Crippen LogP contribution in [-0.4, -0.2) is 13.1 Å². The van der Waals surface area contributed by atoms with Gasteiger partial charge in [-0.3, -0.25) is 4.79 Å². The summed E-state index contributed by atoms with van der Waals surface area (Å²) in [6.45, 7) is 0. The van der Waals surface area contributed by atoms with Crippen LogP contribution < -0.4 is 0 Å². The minimum Gasteiger partial charge on any atom is -0.469 e. The molecular weight excluding hydrogens is 207 g/mol. The summed E-state index contributed by atoms with van der Waals surface area (Å²) in [7, 11) is 1.42. The Morgan fingerprint density at radius 1 is 1.38 bits per heavy atom. The molecule has 2 rings (SSSR count). The van der Waals surface area contributed by atoms with Gasteiger partial charge in [-0.25, -0.2) is 4.39 Å². The number of carbonyl (C=O) groups is 1. The molecule has 0 saturated heterocycles. The van der Waals surface area contributed by atoms with Gasteiger partial charge in [-0.05, 0) is 42.4 Å². The van der Waals surface area contributed by atoms with Gasteiger partial charge in [0.2, 0.25) is 0 Å². The number of rotatable bonds is 3. The van der Waals surface area contributed by atoms with Crippen molar-refractivity contribution in [3.63, 3.8) is 0 Å². The molecule has 1 aromatic rings. The van der Waals surface area contributed by atoms with E-state index in [1.54, 1.807) is 0 Å². The van der Waals surface area contributed by atoms with Crippen molar-refractivity contribution in [3.8, 4) is 0 Å². The van der Waals surface area contributed by atoms with Crippen molar-refractivity contribution in [2.45, 2.75) is 25.2 Å². The van der Waals surface area contributed by atoms with E-state index in [2.05, 4.69) is 4.74 Å². The molecule has 2 nitrogen and oxygen atoms in total. The maximum Gasteiger partial charge on any atom is 0.305 e. The van der Waals surface area contributed by atoms with Gasteiger partial charge in [0.15, 0.2) is 0 Å². The summed E-state index contributed by atoms with van der Waals surface area (Å²) in [5.74, 6) is 0.578. The van der Waals surface area contributed by atoms with Crippen LogP contribution in [0.4, 0.5) is 4.39 Å². The molecular formula is C13H15FO2. The van der Waals surface area contributed by atoms with Crippen molar-refractivity contribution >= 4 is 5.97 Å². The van der Waals surface area contributed by atoms with E-state index in [4.69, 9.17) is 0 Å². The predicted octanol–water partition coefficient (Wildman–Crippen LogP) is 2.88. The zero-order valence-corrected chi connectivity index (χ0v) is 9.28. The number of carbonyl (C=O) groups excluding carboxylic acids is 1. The lowest BCUT2D eigenvalue weighted by Gasteiger charge is -2.35. The van der Waals surface area contributed by atoms with E-state index in [0.29, 0.717) is 18.3 Å². The second kappa shape index (κ2) is 4.64. The molecule has 0 spiro atoms. The Labute approximate surface area is 94.4 Å². The van der Waals surface area contributed by atoms with Gasteiger partial charge >= 0.3 is 5.97 Å². The van der Waals surface area contributed by atoms with Gasteiger partial charge in [0.25, 0.3) is 0 Å². The van der Waals surface area contributed by atoms with Crippen LogP contribution in [0, 0.1) is 11.7 Å². The van der Waals surface area contributed by atoms with Crippen LogP contribution in [0.1, 0.15) is 30.7 Å². The van der Waals surface area contributed by atoms with Gasteiger partial charge < -0.3 is 4.74 Å². The van der Waals surface area contributed by atoms with Gasteiger partial charge in [-0.1, -0.05) is 12.1 Å². The molecule has 1 aliphatic rings. The molecule has 0 aromatic heterocycles. The predicted molar refractivity (Wildman–Crippen MR) is 58.5 cm³/mol.